The Labute approximate surface area is 100 Å². The lowest BCUT2D eigenvalue weighted by Crippen LogP contribution is -2.98. The second kappa shape index (κ2) is 5.67. The van der Waals surface area contributed by atoms with Gasteiger partial charge in [0.05, 0.1) is 12.1 Å². The fourth-order valence-corrected chi connectivity index (χ4v) is 3.85. The van der Waals surface area contributed by atoms with Crippen LogP contribution in [-0.2, 0) is 0 Å². The van der Waals surface area contributed by atoms with E-state index in [4.69, 9.17) is 0 Å². The molecular weight excluding hydrogens is 194 g/mol. The Hall–Kier alpha value is -0.560. The van der Waals surface area contributed by atoms with E-state index in [2.05, 4.69) is 30.6 Å². The lowest BCUT2D eigenvalue weighted by atomic mass is 9.69. The molecule has 0 aromatic heterocycles. The minimum absolute atomic E-state index is 0.821. The first-order chi connectivity index (χ1) is 7.85. The van der Waals surface area contributed by atoms with Crippen molar-refractivity contribution < 1.29 is 5.32 Å². The van der Waals surface area contributed by atoms with Gasteiger partial charge in [-0.05, 0) is 38.0 Å². The minimum Gasteiger partial charge on any atom is -0.341 e. The van der Waals surface area contributed by atoms with Crippen LogP contribution < -0.4 is 5.32 Å². The molecule has 1 saturated carbocycles. The summed E-state index contributed by atoms with van der Waals surface area (Å²) in [5, 5.41) is 2.66. The molecule has 0 amide bonds. The highest BCUT2D eigenvalue weighted by molar-refractivity contribution is 4.89. The largest absolute Gasteiger partial charge is 0.341 e. The first-order valence-corrected chi connectivity index (χ1v) is 6.92. The van der Waals surface area contributed by atoms with Gasteiger partial charge in [0.1, 0.15) is 0 Å². The van der Waals surface area contributed by atoms with E-state index in [1.54, 1.807) is 0 Å². The Morgan fingerprint density at radius 1 is 1.00 bits per heavy atom. The zero-order chi connectivity index (χ0) is 11.4. The van der Waals surface area contributed by atoms with Crippen LogP contribution in [0.15, 0.2) is 25.3 Å². The van der Waals surface area contributed by atoms with E-state index in [1.165, 1.54) is 44.9 Å². The van der Waals surface area contributed by atoms with Crippen molar-refractivity contribution in [2.75, 3.05) is 0 Å². The van der Waals surface area contributed by atoms with Gasteiger partial charge in [0.2, 0.25) is 0 Å². The van der Waals surface area contributed by atoms with Crippen molar-refractivity contribution in [3.63, 3.8) is 0 Å². The fourth-order valence-electron chi connectivity index (χ4n) is 3.85. The molecule has 1 nitrogen and oxygen atoms in total. The van der Waals surface area contributed by atoms with Crippen molar-refractivity contribution in [3.8, 4) is 0 Å². The van der Waals surface area contributed by atoms with E-state index in [1.807, 2.05) is 0 Å². The molecule has 1 heterocycles. The molecule has 0 aromatic carbocycles. The van der Waals surface area contributed by atoms with E-state index in [-0.39, 0.29) is 0 Å². The van der Waals surface area contributed by atoms with Crippen LogP contribution in [0.1, 0.15) is 44.9 Å². The highest BCUT2D eigenvalue weighted by Crippen LogP contribution is 2.36. The standard InChI is InChI=1S/C15H25N/c1-3-6-12-8-5-9-15-14(12)11-10-13(16-15)7-4-2/h3-4,12-16H,1-2,5-11H2/p+1/t12-,13-,14+,15-/m1/s1. The predicted octanol–water partition coefficient (Wildman–Crippen LogP) is 2.65. The second-order valence-corrected chi connectivity index (χ2v) is 5.60. The number of rotatable bonds is 4. The van der Waals surface area contributed by atoms with Crippen LogP contribution in [0, 0.1) is 11.8 Å². The highest BCUT2D eigenvalue weighted by atomic mass is 15.0. The summed E-state index contributed by atoms with van der Waals surface area (Å²) in [6.45, 7) is 7.78. The molecule has 0 bridgehead atoms. The Kier molecular flexibility index (Phi) is 4.22. The summed E-state index contributed by atoms with van der Waals surface area (Å²) in [6.07, 6.45) is 13.8. The maximum atomic E-state index is 3.91. The molecule has 1 aliphatic heterocycles. The molecule has 2 N–H and O–H groups in total. The smallest absolute Gasteiger partial charge is 0.0896 e. The molecule has 2 aliphatic rings. The SMILES string of the molecule is C=CC[C@@H]1CC[C@H]2[C@H](CC=C)CCC[C@H]2[NH2+]1. The monoisotopic (exact) mass is 220 g/mol. The van der Waals surface area contributed by atoms with Crippen molar-refractivity contribution >= 4 is 0 Å². The number of hydrogen-bond donors (Lipinski definition) is 1. The lowest BCUT2D eigenvalue weighted by Gasteiger charge is -2.41. The van der Waals surface area contributed by atoms with Crippen LogP contribution in [-0.4, -0.2) is 12.1 Å². The van der Waals surface area contributed by atoms with Crippen molar-refractivity contribution in [3.05, 3.63) is 25.3 Å². The molecule has 2 fully saturated rings. The quantitative estimate of drug-likeness (QED) is 0.702. The lowest BCUT2D eigenvalue weighted by molar-refractivity contribution is -0.739. The molecule has 1 saturated heterocycles. The molecule has 1 aliphatic carbocycles. The second-order valence-electron chi connectivity index (χ2n) is 5.60. The van der Waals surface area contributed by atoms with Gasteiger partial charge < -0.3 is 5.32 Å². The van der Waals surface area contributed by atoms with Crippen LogP contribution >= 0.6 is 0 Å². The third-order valence-corrected chi connectivity index (χ3v) is 4.60. The van der Waals surface area contributed by atoms with Gasteiger partial charge in [-0.2, -0.15) is 0 Å². The van der Waals surface area contributed by atoms with Gasteiger partial charge in [0, 0.05) is 18.8 Å². The van der Waals surface area contributed by atoms with E-state index in [0.717, 1.165) is 23.9 Å². The zero-order valence-electron chi connectivity index (χ0n) is 10.4. The molecule has 2 rings (SSSR count). The van der Waals surface area contributed by atoms with E-state index >= 15 is 0 Å². The third kappa shape index (κ3) is 2.57. The third-order valence-electron chi connectivity index (χ3n) is 4.60. The number of hydrogen-bond acceptors (Lipinski definition) is 0. The maximum Gasteiger partial charge on any atom is 0.0896 e. The molecule has 16 heavy (non-hydrogen) atoms. The summed E-state index contributed by atoms with van der Waals surface area (Å²) in [5.74, 6) is 1.89. The summed E-state index contributed by atoms with van der Waals surface area (Å²) in [4.78, 5) is 0. The normalized spacial score (nSPS) is 38.8. The van der Waals surface area contributed by atoms with Crippen molar-refractivity contribution in [1.29, 1.82) is 0 Å². The van der Waals surface area contributed by atoms with Gasteiger partial charge in [-0.25, -0.2) is 0 Å². The Morgan fingerprint density at radius 3 is 2.56 bits per heavy atom. The summed E-state index contributed by atoms with van der Waals surface area (Å²) < 4.78 is 0. The minimum atomic E-state index is 0.821. The fraction of sp³-hybridized carbons (Fsp3) is 0.733. The van der Waals surface area contributed by atoms with Gasteiger partial charge in [-0.3, -0.25) is 0 Å². The van der Waals surface area contributed by atoms with Crippen molar-refractivity contribution in [2.24, 2.45) is 11.8 Å². The van der Waals surface area contributed by atoms with Crippen molar-refractivity contribution in [1.82, 2.24) is 0 Å². The number of allylic oxidation sites excluding steroid dienone is 1. The van der Waals surface area contributed by atoms with Crippen LogP contribution in [0.4, 0.5) is 0 Å². The zero-order valence-corrected chi connectivity index (χ0v) is 10.4. The Morgan fingerprint density at radius 2 is 1.81 bits per heavy atom. The first-order valence-electron chi connectivity index (χ1n) is 6.92. The van der Waals surface area contributed by atoms with E-state index in [9.17, 15) is 0 Å². The number of nitrogens with two attached hydrogens (primary N) is 1. The topological polar surface area (TPSA) is 16.6 Å². The number of quaternary nitrogens is 1. The Balaban J connectivity index is 1.93. The van der Waals surface area contributed by atoms with Crippen LogP contribution in [0.2, 0.25) is 0 Å². The molecular formula is C15H26N+. The average molecular weight is 220 g/mol. The Bertz CT molecular complexity index is 246. The van der Waals surface area contributed by atoms with Gasteiger partial charge in [0.25, 0.3) is 0 Å². The average Bonchev–Trinajstić information content (AvgIpc) is 2.30. The molecule has 90 valence electrons. The van der Waals surface area contributed by atoms with Crippen molar-refractivity contribution in [2.45, 2.75) is 57.0 Å². The predicted molar refractivity (Wildman–Crippen MR) is 69.2 cm³/mol. The van der Waals surface area contributed by atoms with E-state index in [0.29, 0.717) is 0 Å². The molecule has 0 aromatic rings. The molecule has 0 spiro atoms. The van der Waals surface area contributed by atoms with Crippen LogP contribution in [0.5, 0.6) is 0 Å². The summed E-state index contributed by atoms with van der Waals surface area (Å²) in [5.41, 5.74) is 0. The highest BCUT2D eigenvalue weighted by Gasteiger charge is 2.39. The number of fused-ring (bicyclic) bond motifs is 1. The van der Waals surface area contributed by atoms with Crippen LogP contribution in [0.25, 0.3) is 0 Å². The summed E-state index contributed by atoms with van der Waals surface area (Å²) in [7, 11) is 0. The first kappa shape index (κ1) is 11.9. The molecule has 0 unspecified atom stereocenters. The van der Waals surface area contributed by atoms with Crippen LogP contribution in [0.3, 0.4) is 0 Å². The number of piperidine rings is 1. The van der Waals surface area contributed by atoms with Gasteiger partial charge in [0.15, 0.2) is 0 Å². The maximum absolute atomic E-state index is 3.91. The van der Waals surface area contributed by atoms with E-state index < -0.39 is 0 Å². The molecule has 0 radical (unpaired) electrons. The molecule has 4 atom stereocenters. The van der Waals surface area contributed by atoms with Gasteiger partial charge in [-0.1, -0.05) is 12.2 Å². The van der Waals surface area contributed by atoms with Gasteiger partial charge in [-0.15, -0.1) is 13.2 Å². The summed E-state index contributed by atoms with van der Waals surface area (Å²) >= 11 is 0. The molecule has 1 heteroatoms. The summed E-state index contributed by atoms with van der Waals surface area (Å²) in [6, 6.07) is 1.72. The van der Waals surface area contributed by atoms with Gasteiger partial charge >= 0.3 is 0 Å².